The van der Waals surface area contributed by atoms with Crippen LogP contribution in [0.15, 0.2) is 18.2 Å². The molecule has 0 spiro atoms. The molecule has 0 fully saturated rings. The van der Waals surface area contributed by atoms with Crippen molar-refractivity contribution >= 4 is 29.3 Å². The molecule has 1 aromatic heterocycles. The van der Waals surface area contributed by atoms with Crippen molar-refractivity contribution in [3.05, 3.63) is 28.0 Å². The normalized spacial score (nSPS) is 10.8. The SMILES string of the molecule is CCOCCCC(=O)NCc1ccc(/C=C/C(=O)O)s1. The average Bonchev–Trinajstić information content (AvgIpc) is 2.87. The Bertz CT molecular complexity index is 467. The molecule has 0 atom stereocenters. The van der Waals surface area contributed by atoms with Crippen LogP contribution in [-0.4, -0.2) is 30.2 Å². The summed E-state index contributed by atoms with van der Waals surface area (Å²) in [5.41, 5.74) is 0. The Labute approximate surface area is 122 Å². The maximum Gasteiger partial charge on any atom is 0.328 e. The number of carboxylic acid groups (broad SMARTS) is 1. The summed E-state index contributed by atoms with van der Waals surface area (Å²) >= 11 is 1.46. The lowest BCUT2D eigenvalue weighted by atomic mass is 10.3. The first kappa shape index (κ1) is 16.4. The van der Waals surface area contributed by atoms with Crippen LogP contribution in [0.4, 0.5) is 0 Å². The fourth-order valence-electron chi connectivity index (χ4n) is 1.49. The lowest BCUT2D eigenvalue weighted by Crippen LogP contribution is -2.22. The van der Waals surface area contributed by atoms with Crippen LogP contribution in [-0.2, 0) is 20.9 Å². The number of thiophene rings is 1. The minimum absolute atomic E-state index is 0.000677. The van der Waals surface area contributed by atoms with E-state index in [0.717, 1.165) is 22.3 Å². The standard InChI is InChI=1S/C14H19NO4S/c1-2-19-9-3-4-13(16)15-10-12-6-5-11(20-12)7-8-14(17)18/h5-8H,2-4,9-10H2,1H3,(H,15,16)(H,17,18)/b8-7+. The van der Waals surface area contributed by atoms with Gasteiger partial charge in [0.05, 0.1) is 6.54 Å². The lowest BCUT2D eigenvalue weighted by Gasteiger charge is -2.03. The molecule has 0 saturated carbocycles. The molecule has 1 heterocycles. The smallest absolute Gasteiger partial charge is 0.328 e. The molecule has 1 rings (SSSR count). The molecule has 5 nitrogen and oxygen atoms in total. The van der Waals surface area contributed by atoms with Gasteiger partial charge in [0.15, 0.2) is 0 Å². The van der Waals surface area contributed by atoms with Gasteiger partial charge in [-0.15, -0.1) is 11.3 Å². The Morgan fingerprint density at radius 3 is 2.95 bits per heavy atom. The number of carboxylic acids is 1. The number of hydrogen-bond donors (Lipinski definition) is 2. The van der Waals surface area contributed by atoms with Crippen LogP contribution < -0.4 is 5.32 Å². The molecular weight excluding hydrogens is 278 g/mol. The van der Waals surface area contributed by atoms with Crippen molar-refractivity contribution < 1.29 is 19.4 Å². The highest BCUT2D eigenvalue weighted by atomic mass is 32.1. The van der Waals surface area contributed by atoms with Gasteiger partial charge in [0.25, 0.3) is 0 Å². The topological polar surface area (TPSA) is 75.6 Å². The number of carbonyl (C=O) groups excluding carboxylic acids is 1. The van der Waals surface area contributed by atoms with Gasteiger partial charge in [0.1, 0.15) is 0 Å². The van der Waals surface area contributed by atoms with Gasteiger partial charge in [0, 0.05) is 35.5 Å². The number of nitrogens with one attached hydrogen (secondary N) is 1. The van der Waals surface area contributed by atoms with Crippen molar-refractivity contribution in [2.24, 2.45) is 0 Å². The largest absolute Gasteiger partial charge is 0.478 e. The third-order valence-corrected chi connectivity index (χ3v) is 3.48. The predicted octanol–water partition coefficient (Wildman–Crippen LogP) is 2.28. The summed E-state index contributed by atoms with van der Waals surface area (Å²) in [6, 6.07) is 3.72. The van der Waals surface area contributed by atoms with Crippen molar-refractivity contribution in [1.29, 1.82) is 0 Å². The second-order valence-corrected chi connectivity index (χ2v) is 5.25. The Kier molecular flexibility index (Phi) is 7.60. The molecule has 0 aliphatic heterocycles. The van der Waals surface area contributed by atoms with Gasteiger partial charge in [-0.05, 0) is 31.6 Å². The molecule has 2 N–H and O–H groups in total. The summed E-state index contributed by atoms with van der Waals surface area (Å²) in [4.78, 5) is 23.8. The number of ether oxygens (including phenoxy) is 1. The van der Waals surface area contributed by atoms with E-state index in [1.807, 2.05) is 19.1 Å². The van der Waals surface area contributed by atoms with Crippen LogP contribution in [0.5, 0.6) is 0 Å². The van der Waals surface area contributed by atoms with E-state index in [-0.39, 0.29) is 5.91 Å². The van der Waals surface area contributed by atoms with E-state index >= 15 is 0 Å². The van der Waals surface area contributed by atoms with Gasteiger partial charge >= 0.3 is 5.97 Å². The maximum atomic E-state index is 11.5. The van der Waals surface area contributed by atoms with E-state index in [2.05, 4.69) is 5.32 Å². The fourth-order valence-corrected chi connectivity index (χ4v) is 2.34. The number of rotatable bonds is 9. The van der Waals surface area contributed by atoms with Crippen molar-refractivity contribution in [1.82, 2.24) is 5.32 Å². The fraction of sp³-hybridized carbons (Fsp3) is 0.429. The summed E-state index contributed by atoms with van der Waals surface area (Å²) < 4.78 is 5.16. The predicted molar refractivity (Wildman–Crippen MR) is 78.6 cm³/mol. The van der Waals surface area contributed by atoms with Crippen LogP contribution >= 0.6 is 11.3 Å². The second-order valence-electron chi connectivity index (χ2n) is 4.05. The highest BCUT2D eigenvalue weighted by Gasteiger charge is 2.03. The van der Waals surface area contributed by atoms with Crippen LogP contribution in [0.25, 0.3) is 6.08 Å². The first-order valence-electron chi connectivity index (χ1n) is 6.46. The summed E-state index contributed by atoms with van der Waals surface area (Å²) in [5, 5.41) is 11.4. The zero-order valence-electron chi connectivity index (χ0n) is 11.4. The lowest BCUT2D eigenvalue weighted by molar-refractivity contribution is -0.131. The van der Waals surface area contributed by atoms with Crippen molar-refractivity contribution in [2.45, 2.75) is 26.3 Å². The highest BCUT2D eigenvalue weighted by Crippen LogP contribution is 2.17. The number of hydrogen-bond acceptors (Lipinski definition) is 4. The molecule has 1 amide bonds. The van der Waals surface area contributed by atoms with Gasteiger partial charge in [-0.2, -0.15) is 0 Å². The number of carbonyl (C=O) groups is 2. The van der Waals surface area contributed by atoms with Crippen molar-refractivity contribution in [3.8, 4) is 0 Å². The third kappa shape index (κ3) is 7.06. The maximum absolute atomic E-state index is 11.5. The molecular formula is C14H19NO4S. The average molecular weight is 297 g/mol. The van der Waals surface area contributed by atoms with E-state index in [0.29, 0.717) is 26.2 Å². The zero-order chi connectivity index (χ0) is 14.8. The molecule has 0 aliphatic rings. The Morgan fingerprint density at radius 2 is 2.25 bits per heavy atom. The molecule has 6 heteroatoms. The third-order valence-electron chi connectivity index (χ3n) is 2.43. The number of amides is 1. The minimum Gasteiger partial charge on any atom is -0.478 e. The molecule has 20 heavy (non-hydrogen) atoms. The van der Waals surface area contributed by atoms with E-state index in [1.165, 1.54) is 11.3 Å². The minimum atomic E-state index is -0.970. The first-order valence-corrected chi connectivity index (χ1v) is 7.27. The molecule has 0 saturated heterocycles. The first-order chi connectivity index (χ1) is 9.61. The van der Waals surface area contributed by atoms with Crippen LogP contribution in [0.2, 0.25) is 0 Å². The monoisotopic (exact) mass is 297 g/mol. The molecule has 0 aliphatic carbocycles. The highest BCUT2D eigenvalue weighted by molar-refractivity contribution is 7.12. The zero-order valence-corrected chi connectivity index (χ0v) is 12.2. The van der Waals surface area contributed by atoms with Crippen LogP contribution in [0.1, 0.15) is 29.5 Å². The summed E-state index contributed by atoms with van der Waals surface area (Å²) in [7, 11) is 0. The summed E-state index contributed by atoms with van der Waals surface area (Å²) in [6.07, 6.45) is 3.82. The van der Waals surface area contributed by atoms with Gasteiger partial charge in [-0.3, -0.25) is 4.79 Å². The van der Waals surface area contributed by atoms with E-state index in [1.54, 1.807) is 6.08 Å². The molecule has 1 aromatic rings. The van der Waals surface area contributed by atoms with Crippen molar-refractivity contribution in [3.63, 3.8) is 0 Å². The van der Waals surface area contributed by atoms with E-state index in [4.69, 9.17) is 9.84 Å². The Balaban J connectivity index is 2.28. The molecule has 0 radical (unpaired) electrons. The summed E-state index contributed by atoms with van der Waals surface area (Å²) in [6.45, 7) is 3.67. The van der Waals surface area contributed by atoms with Gasteiger partial charge in [-0.25, -0.2) is 4.79 Å². The van der Waals surface area contributed by atoms with E-state index in [9.17, 15) is 9.59 Å². The summed E-state index contributed by atoms with van der Waals surface area (Å²) in [5.74, 6) is -0.969. The molecule has 0 unspecified atom stereocenters. The van der Waals surface area contributed by atoms with Crippen LogP contribution in [0, 0.1) is 0 Å². The van der Waals surface area contributed by atoms with Gasteiger partial charge < -0.3 is 15.2 Å². The quantitative estimate of drug-likeness (QED) is 0.541. The Morgan fingerprint density at radius 1 is 1.45 bits per heavy atom. The number of aliphatic carboxylic acids is 1. The molecule has 0 aromatic carbocycles. The molecule has 110 valence electrons. The van der Waals surface area contributed by atoms with Crippen molar-refractivity contribution in [2.75, 3.05) is 13.2 Å². The van der Waals surface area contributed by atoms with E-state index < -0.39 is 5.97 Å². The van der Waals surface area contributed by atoms with Gasteiger partial charge in [-0.1, -0.05) is 0 Å². The molecule has 0 bridgehead atoms. The second kappa shape index (κ2) is 9.28. The van der Waals surface area contributed by atoms with Gasteiger partial charge in [0.2, 0.25) is 5.91 Å². The Hall–Kier alpha value is -1.66. The van der Waals surface area contributed by atoms with Crippen LogP contribution in [0.3, 0.4) is 0 Å².